The summed E-state index contributed by atoms with van der Waals surface area (Å²) < 4.78 is 5.72. The summed E-state index contributed by atoms with van der Waals surface area (Å²) in [6.45, 7) is 1.20. The Labute approximate surface area is 151 Å². The van der Waals surface area contributed by atoms with Gasteiger partial charge in [0.2, 0.25) is 0 Å². The lowest BCUT2D eigenvalue weighted by Gasteiger charge is -2.39. The molecule has 2 aromatic carbocycles. The van der Waals surface area contributed by atoms with Crippen LogP contribution in [0.3, 0.4) is 0 Å². The predicted molar refractivity (Wildman–Crippen MR) is 95.9 cm³/mol. The Morgan fingerprint density at radius 3 is 2.92 bits per heavy atom. The van der Waals surface area contributed by atoms with Gasteiger partial charge in [-0.1, -0.05) is 23.7 Å². The monoisotopic (exact) mass is 358 g/mol. The second kappa shape index (κ2) is 6.58. The van der Waals surface area contributed by atoms with Crippen LogP contribution in [0.4, 0.5) is 5.69 Å². The first-order valence-electron chi connectivity index (χ1n) is 8.40. The maximum Gasteiger partial charge on any atom is 0.257 e. The van der Waals surface area contributed by atoms with Gasteiger partial charge in [0.25, 0.3) is 5.91 Å². The third kappa shape index (κ3) is 3.05. The van der Waals surface area contributed by atoms with Crippen LogP contribution in [0.15, 0.2) is 42.5 Å². The number of hydrogen-bond acceptors (Lipinski definition) is 4. The van der Waals surface area contributed by atoms with E-state index < -0.39 is 6.17 Å². The first-order valence-corrected chi connectivity index (χ1v) is 8.78. The third-order valence-electron chi connectivity index (χ3n) is 4.73. The van der Waals surface area contributed by atoms with Gasteiger partial charge in [0.15, 0.2) is 0 Å². The zero-order chi connectivity index (χ0) is 17.4. The Kier molecular flexibility index (Phi) is 4.27. The Morgan fingerprint density at radius 2 is 2.12 bits per heavy atom. The number of anilines is 1. The summed E-state index contributed by atoms with van der Waals surface area (Å²) in [5.74, 6) is 0.0284. The Balaban J connectivity index is 1.75. The highest BCUT2D eigenvalue weighted by molar-refractivity contribution is 6.30. The second-order valence-corrected chi connectivity index (χ2v) is 6.82. The molecular weight excluding hydrogens is 340 g/mol. The number of fused-ring (bicyclic) bond motifs is 1. The molecule has 2 heterocycles. The molecule has 6 heteroatoms. The van der Waals surface area contributed by atoms with E-state index in [0.717, 1.165) is 25.1 Å². The molecule has 4 rings (SSSR count). The summed E-state index contributed by atoms with van der Waals surface area (Å²) >= 11 is 6.12. The van der Waals surface area contributed by atoms with E-state index in [0.29, 0.717) is 22.7 Å². The standard InChI is InChI=1S/C19H19ClN2O3/c20-12-7-8-17(23)15(10-12)18-21-16-6-2-1-5-14(16)19(24)22(18)11-13-4-3-9-25-13/h1-2,5-8,10,13,18,21,23H,3-4,9,11H2. The van der Waals surface area contributed by atoms with E-state index in [1.807, 2.05) is 18.2 Å². The minimum Gasteiger partial charge on any atom is -0.508 e. The van der Waals surface area contributed by atoms with Gasteiger partial charge in [0, 0.05) is 29.4 Å². The fraction of sp³-hybridized carbons (Fsp3) is 0.316. The number of hydrogen-bond donors (Lipinski definition) is 2. The summed E-state index contributed by atoms with van der Waals surface area (Å²) in [4.78, 5) is 14.8. The maximum atomic E-state index is 13.1. The van der Waals surface area contributed by atoms with E-state index in [1.54, 1.807) is 29.2 Å². The molecule has 2 unspecified atom stereocenters. The number of para-hydroxylation sites is 1. The maximum absolute atomic E-state index is 13.1. The van der Waals surface area contributed by atoms with Crippen molar-refractivity contribution >= 4 is 23.2 Å². The highest BCUT2D eigenvalue weighted by Crippen LogP contribution is 2.38. The second-order valence-electron chi connectivity index (χ2n) is 6.39. The number of halogens is 1. The molecule has 2 aliphatic heterocycles. The molecule has 2 atom stereocenters. The summed E-state index contributed by atoms with van der Waals surface area (Å²) in [6, 6.07) is 12.3. The predicted octanol–water partition coefficient (Wildman–Crippen LogP) is 3.79. The molecule has 1 fully saturated rings. The number of nitrogens with one attached hydrogen (secondary N) is 1. The van der Waals surface area contributed by atoms with E-state index in [2.05, 4.69) is 5.32 Å². The largest absolute Gasteiger partial charge is 0.508 e. The van der Waals surface area contributed by atoms with Crippen molar-refractivity contribution in [2.45, 2.75) is 25.1 Å². The smallest absolute Gasteiger partial charge is 0.257 e. The Hall–Kier alpha value is -2.24. The lowest BCUT2D eigenvalue weighted by Crippen LogP contribution is -2.46. The average molecular weight is 359 g/mol. The zero-order valence-electron chi connectivity index (χ0n) is 13.6. The SMILES string of the molecule is O=C1c2ccccc2NC(c2cc(Cl)ccc2O)N1CC1CCCO1. The Bertz CT molecular complexity index is 805. The highest BCUT2D eigenvalue weighted by atomic mass is 35.5. The van der Waals surface area contributed by atoms with Gasteiger partial charge in [-0.3, -0.25) is 4.79 Å². The van der Waals surface area contributed by atoms with E-state index in [-0.39, 0.29) is 17.8 Å². The molecule has 0 aliphatic carbocycles. The van der Waals surface area contributed by atoms with Crippen LogP contribution < -0.4 is 5.32 Å². The number of nitrogens with zero attached hydrogens (tertiary/aromatic N) is 1. The Morgan fingerprint density at radius 1 is 1.28 bits per heavy atom. The number of aromatic hydroxyl groups is 1. The number of rotatable bonds is 3. The van der Waals surface area contributed by atoms with Crippen molar-refractivity contribution in [3.8, 4) is 5.75 Å². The van der Waals surface area contributed by atoms with Crippen LogP contribution in [0, 0.1) is 0 Å². The number of phenolic OH excluding ortho intramolecular Hbond substituents is 1. The minimum atomic E-state index is -0.495. The van der Waals surface area contributed by atoms with Crippen molar-refractivity contribution in [1.82, 2.24) is 4.90 Å². The first kappa shape index (κ1) is 16.2. The van der Waals surface area contributed by atoms with Gasteiger partial charge in [-0.05, 0) is 43.2 Å². The van der Waals surface area contributed by atoms with Crippen molar-refractivity contribution in [1.29, 1.82) is 0 Å². The van der Waals surface area contributed by atoms with Gasteiger partial charge in [-0.25, -0.2) is 0 Å². The number of phenols is 1. The highest BCUT2D eigenvalue weighted by Gasteiger charge is 2.36. The molecule has 0 saturated carbocycles. The molecule has 0 bridgehead atoms. The van der Waals surface area contributed by atoms with Gasteiger partial charge < -0.3 is 20.1 Å². The number of carbonyl (C=O) groups is 1. The lowest BCUT2D eigenvalue weighted by molar-refractivity contribution is 0.0424. The molecule has 0 spiro atoms. The van der Waals surface area contributed by atoms with E-state index in [1.165, 1.54) is 0 Å². The topological polar surface area (TPSA) is 61.8 Å². The zero-order valence-corrected chi connectivity index (χ0v) is 14.4. The van der Waals surface area contributed by atoms with Crippen molar-refractivity contribution in [3.63, 3.8) is 0 Å². The fourth-order valence-corrected chi connectivity index (χ4v) is 3.66. The van der Waals surface area contributed by atoms with Crippen LogP contribution in [-0.4, -0.2) is 35.2 Å². The fourth-order valence-electron chi connectivity index (χ4n) is 3.48. The molecule has 2 aliphatic rings. The summed E-state index contributed by atoms with van der Waals surface area (Å²) in [5.41, 5.74) is 1.95. The van der Waals surface area contributed by atoms with Gasteiger partial charge in [-0.2, -0.15) is 0 Å². The number of ether oxygens (including phenoxy) is 1. The van der Waals surface area contributed by atoms with Crippen molar-refractivity contribution in [2.24, 2.45) is 0 Å². The molecule has 2 N–H and O–H groups in total. The van der Waals surface area contributed by atoms with E-state index >= 15 is 0 Å². The van der Waals surface area contributed by atoms with Crippen molar-refractivity contribution in [2.75, 3.05) is 18.5 Å². The molecule has 25 heavy (non-hydrogen) atoms. The lowest BCUT2D eigenvalue weighted by atomic mass is 10.0. The molecule has 5 nitrogen and oxygen atoms in total. The molecule has 2 aromatic rings. The number of carbonyl (C=O) groups excluding carboxylic acids is 1. The van der Waals surface area contributed by atoms with Crippen molar-refractivity contribution < 1.29 is 14.6 Å². The molecular formula is C19H19ClN2O3. The minimum absolute atomic E-state index is 0.0137. The molecule has 1 amide bonds. The van der Waals surface area contributed by atoms with Crippen LogP contribution in [0.1, 0.15) is 34.9 Å². The molecule has 0 radical (unpaired) electrons. The number of amides is 1. The first-order chi connectivity index (χ1) is 12.1. The van der Waals surface area contributed by atoms with Crippen LogP contribution >= 0.6 is 11.6 Å². The average Bonchev–Trinajstić information content (AvgIpc) is 3.13. The van der Waals surface area contributed by atoms with E-state index in [4.69, 9.17) is 16.3 Å². The number of benzene rings is 2. The van der Waals surface area contributed by atoms with E-state index in [9.17, 15) is 9.90 Å². The van der Waals surface area contributed by atoms with Crippen molar-refractivity contribution in [3.05, 3.63) is 58.6 Å². The third-order valence-corrected chi connectivity index (χ3v) is 4.97. The normalized spacial score (nSPS) is 22.6. The van der Waals surface area contributed by atoms with Gasteiger partial charge >= 0.3 is 0 Å². The summed E-state index contributed by atoms with van der Waals surface area (Å²) in [5, 5.41) is 14.2. The van der Waals surface area contributed by atoms with Crippen LogP contribution in [0.25, 0.3) is 0 Å². The summed E-state index contributed by atoms with van der Waals surface area (Å²) in [6.07, 6.45) is 1.45. The molecule has 1 saturated heterocycles. The van der Waals surface area contributed by atoms with Gasteiger partial charge in [-0.15, -0.1) is 0 Å². The molecule has 0 aromatic heterocycles. The quantitative estimate of drug-likeness (QED) is 0.876. The van der Waals surface area contributed by atoms with Crippen LogP contribution in [-0.2, 0) is 4.74 Å². The summed E-state index contributed by atoms with van der Waals surface area (Å²) in [7, 11) is 0. The van der Waals surface area contributed by atoms with Gasteiger partial charge in [0.1, 0.15) is 11.9 Å². The van der Waals surface area contributed by atoms with Crippen LogP contribution in [0.5, 0.6) is 5.75 Å². The van der Waals surface area contributed by atoms with Gasteiger partial charge in [0.05, 0.1) is 11.7 Å². The molecule has 130 valence electrons. The van der Waals surface area contributed by atoms with Crippen LogP contribution in [0.2, 0.25) is 5.02 Å².